The van der Waals surface area contributed by atoms with Crippen LogP contribution in [0.3, 0.4) is 0 Å². The Labute approximate surface area is 150 Å². The van der Waals surface area contributed by atoms with Gasteiger partial charge in [-0.2, -0.15) is 0 Å². The number of nitro benzene ring substituents is 1. The highest BCUT2D eigenvalue weighted by Crippen LogP contribution is 2.30. The van der Waals surface area contributed by atoms with Crippen molar-refractivity contribution in [1.29, 1.82) is 0 Å². The normalized spacial score (nSPS) is 10.4. The summed E-state index contributed by atoms with van der Waals surface area (Å²) in [6, 6.07) is 9.71. The molecule has 0 amide bonds. The molecular weight excluding hydrogens is 363 g/mol. The van der Waals surface area contributed by atoms with E-state index in [0.717, 1.165) is 23.8 Å². The summed E-state index contributed by atoms with van der Waals surface area (Å²) in [6.07, 6.45) is 0. The number of carbonyl (C=O) groups excluding carboxylic acids is 1. The summed E-state index contributed by atoms with van der Waals surface area (Å²) in [7, 11) is 1.55. The molecule has 0 aliphatic carbocycles. The number of hydrogen-bond donors (Lipinski definition) is 0. The van der Waals surface area contributed by atoms with E-state index in [4.69, 9.17) is 9.47 Å². The van der Waals surface area contributed by atoms with E-state index in [1.165, 1.54) is 16.7 Å². The highest BCUT2D eigenvalue weighted by molar-refractivity contribution is 7.13. The van der Waals surface area contributed by atoms with Crippen LogP contribution in [0, 0.1) is 15.9 Å². The quantitative estimate of drug-likeness (QED) is 0.289. The van der Waals surface area contributed by atoms with E-state index >= 15 is 0 Å². The number of aromatic nitrogens is 1. The summed E-state index contributed by atoms with van der Waals surface area (Å²) in [4.78, 5) is 26.6. The third-order valence-electron chi connectivity index (χ3n) is 3.37. The third-order valence-corrected chi connectivity index (χ3v) is 4.26. The van der Waals surface area contributed by atoms with Crippen molar-refractivity contribution in [2.24, 2.45) is 0 Å². The van der Waals surface area contributed by atoms with Gasteiger partial charge in [0.2, 0.25) is 5.75 Å². The molecule has 3 aromatic rings. The smallest absolute Gasteiger partial charge is 0.363 e. The second-order valence-corrected chi connectivity index (χ2v) is 5.88. The van der Waals surface area contributed by atoms with Crippen molar-refractivity contribution in [2.45, 2.75) is 0 Å². The number of ether oxygens (including phenoxy) is 2. The minimum atomic E-state index is -0.908. The van der Waals surface area contributed by atoms with E-state index in [0.29, 0.717) is 10.8 Å². The van der Waals surface area contributed by atoms with Crippen LogP contribution in [0.2, 0.25) is 0 Å². The van der Waals surface area contributed by atoms with Gasteiger partial charge in [-0.15, -0.1) is 11.3 Å². The van der Waals surface area contributed by atoms with Crippen LogP contribution < -0.4 is 9.47 Å². The first-order valence-corrected chi connectivity index (χ1v) is 8.12. The average molecular weight is 374 g/mol. The molecule has 26 heavy (non-hydrogen) atoms. The number of nitro groups is 1. The Morgan fingerprint density at radius 2 is 1.96 bits per heavy atom. The average Bonchev–Trinajstić information content (AvgIpc) is 3.12. The van der Waals surface area contributed by atoms with Crippen LogP contribution in [0.1, 0.15) is 10.5 Å². The fourth-order valence-electron chi connectivity index (χ4n) is 2.11. The molecule has 7 nitrogen and oxygen atoms in total. The Kier molecular flexibility index (Phi) is 4.90. The largest absolute Gasteiger partial charge is 0.497 e. The van der Waals surface area contributed by atoms with Gasteiger partial charge in [0.25, 0.3) is 0 Å². The standard InChI is InChI=1S/C17H11FN2O5S/c1-24-12-5-2-10(3-6-12)16-19-13(9-26-16)17(21)25-15-8-11(18)4-7-14(15)20(22)23/h2-9H,1H3. The lowest BCUT2D eigenvalue weighted by molar-refractivity contribution is -0.385. The minimum absolute atomic E-state index is 0.0284. The minimum Gasteiger partial charge on any atom is -0.497 e. The fraction of sp³-hybridized carbons (Fsp3) is 0.0588. The highest BCUT2D eigenvalue weighted by atomic mass is 32.1. The molecule has 0 N–H and O–H groups in total. The van der Waals surface area contributed by atoms with Gasteiger partial charge >= 0.3 is 11.7 Å². The second-order valence-electron chi connectivity index (χ2n) is 5.03. The first-order chi connectivity index (χ1) is 12.5. The Morgan fingerprint density at radius 3 is 2.62 bits per heavy atom. The molecular formula is C17H11FN2O5S. The van der Waals surface area contributed by atoms with E-state index in [-0.39, 0.29) is 5.69 Å². The number of carbonyl (C=O) groups is 1. The van der Waals surface area contributed by atoms with Crippen molar-refractivity contribution >= 4 is 23.0 Å². The zero-order valence-corrected chi connectivity index (χ0v) is 14.2. The molecule has 1 heterocycles. The lowest BCUT2D eigenvalue weighted by Crippen LogP contribution is -2.10. The maximum absolute atomic E-state index is 13.3. The summed E-state index contributed by atoms with van der Waals surface area (Å²) in [5, 5.41) is 13.0. The van der Waals surface area contributed by atoms with Crippen LogP contribution in [0.25, 0.3) is 10.6 Å². The van der Waals surface area contributed by atoms with Gasteiger partial charge in [0.05, 0.1) is 12.0 Å². The molecule has 0 bridgehead atoms. The molecule has 132 valence electrons. The summed E-state index contributed by atoms with van der Waals surface area (Å²) in [5.41, 5.74) is 0.233. The Hall–Kier alpha value is -3.33. The van der Waals surface area contributed by atoms with Gasteiger partial charge in [-0.25, -0.2) is 14.2 Å². The van der Waals surface area contributed by atoms with Crippen molar-refractivity contribution in [3.8, 4) is 22.1 Å². The molecule has 0 atom stereocenters. The molecule has 0 unspecified atom stereocenters. The predicted molar refractivity (Wildman–Crippen MR) is 92.1 cm³/mol. The van der Waals surface area contributed by atoms with Crippen molar-refractivity contribution in [3.05, 3.63) is 69.5 Å². The number of benzene rings is 2. The van der Waals surface area contributed by atoms with E-state index in [1.807, 2.05) is 0 Å². The first-order valence-electron chi connectivity index (χ1n) is 7.24. The summed E-state index contributed by atoms with van der Waals surface area (Å²) < 4.78 is 23.4. The SMILES string of the molecule is COc1ccc(-c2nc(C(=O)Oc3cc(F)ccc3[N+](=O)[O-])cs2)cc1. The van der Waals surface area contributed by atoms with Gasteiger partial charge in [0, 0.05) is 23.1 Å². The van der Waals surface area contributed by atoms with Crippen molar-refractivity contribution in [1.82, 2.24) is 4.98 Å². The van der Waals surface area contributed by atoms with E-state index in [9.17, 15) is 19.3 Å². The van der Waals surface area contributed by atoms with Crippen LogP contribution in [0.5, 0.6) is 11.5 Å². The number of thiazole rings is 1. The molecule has 2 aromatic carbocycles. The lowest BCUT2D eigenvalue weighted by Gasteiger charge is -2.03. The lowest BCUT2D eigenvalue weighted by atomic mass is 10.2. The van der Waals surface area contributed by atoms with Gasteiger partial charge in [-0.05, 0) is 30.3 Å². The van der Waals surface area contributed by atoms with Gasteiger partial charge in [0.1, 0.15) is 16.6 Å². The molecule has 0 saturated carbocycles. The van der Waals surface area contributed by atoms with Gasteiger partial charge in [0.15, 0.2) is 5.69 Å². The van der Waals surface area contributed by atoms with E-state index in [2.05, 4.69) is 4.98 Å². The van der Waals surface area contributed by atoms with Crippen LogP contribution >= 0.6 is 11.3 Å². The van der Waals surface area contributed by atoms with E-state index in [1.54, 1.807) is 31.4 Å². The number of nitrogens with zero attached hydrogens (tertiary/aromatic N) is 2. The zero-order valence-electron chi connectivity index (χ0n) is 13.3. The number of halogens is 1. The van der Waals surface area contributed by atoms with Crippen molar-refractivity contribution in [3.63, 3.8) is 0 Å². The maximum Gasteiger partial charge on any atom is 0.363 e. The Balaban J connectivity index is 1.82. The Bertz CT molecular complexity index is 972. The predicted octanol–water partition coefficient (Wildman–Crippen LogP) is 4.09. The molecule has 3 rings (SSSR count). The van der Waals surface area contributed by atoms with Gasteiger partial charge in [-0.3, -0.25) is 10.1 Å². The molecule has 0 spiro atoms. The van der Waals surface area contributed by atoms with Crippen LogP contribution in [-0.4, -0.2) is 23.0 Å². The van der Waals surface area contributed by atoms with Crippen molar-refractivity contribution in [2.75, 3.05) is 7.11 Å². The molecule has 0 aliphatic rings. The van der Waals surface area contributed by atoms with Crippen LogP contribution in [0.15, 0.2) is 47.8 Å². The van der Waals surface area contributed by atoms with Gasteiger partial charge in [-0.1, -0.05) is 0 Å². The summed E-state index contributed by atoms with van der Waals surface area (Å²) >= 11 is 1.21. The van der Waals surface area contributed by atoms with Crippen molar-refractivity contribution < 1.29 is 23.6 Å². The molecule has 0 saturated heterocycles. The topological polar surface area (TPSA) is 91.6 Å². The van der Waals surface area contributed by atoms with Crippen LogP contribution in [-0.2, 0) is 0 Å². The second kappa shape index (κ2) is 7.28. The molecule has 0 fully saturated rings. The highest BCUT2D eigenvalue weighted by Gasteiger charge is 2.21. The molecule has 0 radical (unpaired) electrons. The van der Waals surface area contributed by atoms with Gasteiger partial charge < -0.3 is 9.47 Å². The molecule has 0 aliphatic heterocycles. The Morgan fingerprint density at radius 1 is 1.23 bits per heavy atom. The zero-order chi connectivity index (χ0) is 18.7. The number of esters is 1. The molecule has 1 aromatic heterocycles. The first kappa shape index (κ1) is 17.5. The summed E-state index contributed by atoms with van der Waals surface area (Å²) in [6.45, 7) is 0. The monoisotopic (exact) mass is 374 g/mol. The maximum atomic E-state index is 13.3. The fourth-order valence-corrected chi connectivity index (χ4v) is 2.90. The third kappa shape index (κ3) is 3.67. The number of hydrogen-bond acceptors (Lipinski definition) is 7. The van der Waals surface area contributed by atoms with Crippen LogP contribution in [0.4, 0.5) is 10.1 Å². The number of rotatable bonds is 5. The number of methoxy groups -OCH3 is 1. The molecule has 9 heteroatoms. The summed E-state index contributed by atoms with van der Waals surface area (Å²) in [5.74, 6) is -1.45. The van der Waals surface area contributed by atoms with E-state index < -0.39 is 28.1 Å².